The molecular weight excluding hydrogens is 370 g/mol. The summed E-state index contributed by atoms with van der Waals surface area (Å²) in [6.07, 6.45) is 0.948. The Balaban J connectivity index is 1.56. The van der Waals surface area contributed by atoms with Gasteiger partial charge in [-0.05, 0) is 50.6 Å². The van der Waals surface area contributed by atoms with Crippen LogP contribution in [0, 0.1) is 0 Å². The lowest BCUT2D eigenvalue weighted by Crippen LogP contribution is -2.32. The fraction of sp³-hybridized carbons (Fsp3) is 0.238. The highest BCUT2D eigenvalue weighted by Gasteiger charge is 2.15. The highest BCUT2D eigenvalue weighted by atomic mass is 16.6. The van der Waals surface area contributed by atoms with Gasteiger partial charge in [0, 0.05) is 17.5 Å². The fourth-order valence-corrected chi connectivity index (χ4v) is 2.55. The van der Waals surface area contributed by atoms with Crippen LogP contribution in [0.4, 0.5) is 10.6 Å². The number of amides is 2. The highest BCUT2D eigenvalue weighted by molar-refractivity contribution is 5.96. The number of aromatic nitrogens is 2. The first-order chi connectivity index (χ1) is 13.8. The molecule has 29 heavy (non-hydrogen) atoms. The fourth-order valence-electron chi connectivity index (χ4n) is 2.55. The van der Waals surface area contributed by atoms with Gasteiger partial charge in [0.1, 0.15) is 11.9 Å². The molecule has 8 heteroatoms. The number of carbonyl (C=O) groups excluding carboxylic acids is 2. The minimum atomic E-state index is -0.548. The van der Waals surface area contributed by atoms with E-state index < -0.39 is 11.7 Å². The molecule has 3 aromatic rings. The van der Waals surface area contributed by atoms with E-state index in [2.05, 4.69) is 26.1 Å². The number of para-hydroxylation sites is 1. The Morgan fingerprint density at radius 2 is 1.72 bits per heavy atom. The van der Waals surface area contributed by atoms with Crippen LogP contribution in [-0.4, -0.2) is 27.6 Å². The van der Waals surface area contributed by atoms with Crippen LogP contribution in [-0.2, 0) is 11.3 Å². The molecule has 150 valence electrons. The molecule has 0 aliphatic rings. The number of anilines is 1. The van der Waals surface area contributed by atoms with Gasteiger partial charge in [0.2, 0.25) is 0 Å². The molecule has 0 bridgehead atoms. The number of nitrogens with one attached hydrogen (secondary N) is 3. The SMILES string of the molecule is CC(C)(C)OC(=O)NCc1ccc(C(=O)NNc2ncnc3ccccc23)cc1. The molecule has 8 nitrogen and oxygen atoms in total. The summed E-state index contributed by atoms with van der Waals surface area (Å²) in [5, 5.41) is 3.48. The summed E-state index contributed by atoms with van der Waals surface area (Å²) >= 11 is 0. The molecule has 1 aromatic heterocycles. The summed E-state index contributed by atoms with van der Waals surface area (Å²) in [6, 6.07) is 14.4. The average molecular weight is 393 g/mol. The number of carbonyl (C=O) groups is 2. The molecule has 0 spiro atoms. The topological polar surface area (TPSA) is 105 Å². The van der Waals surface area contributed by atoms with Crippen LogP contribution in [0.1, 0.15) is 36.7 Å². The molecule has 0 aliphatic carbocycles. The minimum Gasteiger partial charge on any atom is -0.444 e. The van der Waals surface area contributed by atoms with Crippen LogP contribution in [0.5, 0.6) is 0 Å². The summed E-state index contributed by atoms with van der Waals surface area (Å²) in [4.78, 5) is 32.4. The highest BCUT2D eigenvalue weighted by Crippen LogP contribution is 2.17. The Bertz CT molecular complexity index is 1010. The Morgan fingerprint density at radius 3 is 2.45 bits per heavy atom. The first kappa shape index (κ1) is 20.1. The molecule has 0 atom stereocenters. The number of ether oxygens (including phenoxy) is 1. The van der Waals surface area contributed by atoms with Crippen LogP contribution in [0.2, 0.25) is 0 Å². The van der Waals surface area contributed by atoms with Crippen molar-refractivity contribution in [2.24, 2.45) is 0 Å². The number of benzene rings is 2. The zero-order valence-electron chi connectivity index (χ0n) is 16.5. The third-order valence-corrected chi connectivity index (χ3v) is 3.89. The number of alkyl carbamates (subject to hydrolysis) is 1. The van der Waals surface area contributed by atoms with E-state index in [1.165, 1.54) is 6.33 Å². The van der Waals surface area contributed by atoms with Crippen LogP contribution in [0.15, 0.2) is 54.9 Å². The standard InChI is InChI=1S/C21H23N5O3/c1-21(2,3)29-20(28)22-12-14-8-10-15(11-9-14)19(27)26-25-18-16-6-4-5-7-17(16)23-13-24-18/h4-11,13H,12H2,1-3H3,(H,22,28)(H,26,27)(H,23,24,25). The number of nitrogens with zero attached hydrogens (tertiary/aromatic N) is 2. The summed E-state index contributed by atoms with van der Waals surface area (Å²) < 4.78 is 5.19. The molecule has 1 heterocycles. The zero-order chi connectivity index (χ0) is 20.9. The maximum Gasteiger partial charge on any atom is 0.407 e. The van der Waals surface area contributed by atoms with E-state index in [-0.39, 0.29) is 5.91 Å². The van der Waals surface area contributed by atoms with Gasteiger partial charge in [-0.1, -0.05) is 24.3 Å². The van der Waals surface area contributed by atoms with E-state index in [0.29, 0.717) is 17.9 Å². The lowest BCUT2D eigenvalue weighted by molar-refractivity contribution is 0.0523. The number of fused-ring (bicyclic) bond motifs is 1. The summed E-state index contributed by atoms with van der Waals surface area (Å²) in [6.45, 7) is 5.72. The van der Waals surface area contributed by atoms with Crippen molar-refractivity contribution in [3.05, 3.63) is 66.0 Å². The third kappa shape index (κ3) is 5.65. The second kappa shape index (κ2) is 8.55. The third-order valence-electron chi connectivity index (χ3n) is 3.89. The van der Waals surface area contributed by atoms with E-state index in [9.17, 15) is 9.59 Å². The predicted molar refractivity (Wildman–Crippen MR) is 110 cm³/mol. The molecule has 2 amide bonds. The second-order valence-corrected chi connectivity index (χ2v) is 7.37. The zero-order valence-corrected chi connectivity index (χ0v) is 16.5. The number of hydrogen-bond donors (Lipinski definition) is 3. The van der Waals surface area contributed by atoms with E-state index in [0.717, 1.165) is 16.5 Å². The maximum absolute atomic E-state index is 12.4. The Morgan fingerprint density at radius 1 is 1.00 bits per heavy atom. The first-order valence-electron chi connectivity index (χ1n) is 9.14. The second-order valence-electron chi connectivity index (χ2n) is 7.37. The van der Waals surface area contributed by atoms with Crippen molar-refractivity contribution in [1.29, 1.82) is 0 Å². The van der Waals surface area contributed by atoms with Gasteiger partial charge >= 0.3 is 6.09 Å². The predicted octanol–water partition coefficient (Wildman–Crippen LogP) is 3.41. The Kier molecular flexibility index (Phi) is 5.92. The smallest absolute Gasteiger partial charge is 0.407 e. The number of hydrogen-bond acceptors (Lipinski definition) is 6. The van der Waals surface area contributed by atoms with E-state index in [1.807, 2.05) is 24.3 Å². The monoisotopic (exact) mass is 393 g/mol. The molecule has 2 aromatic carbocycles. The van der Waals surface area contributed by atoms with Gasteiger partial charge in [0.25, 0.3) is 5.91 Å². The molecule has 3 rings (SSSR count). The quantitative estimate of drug-likeness (QED) is 0.574. The molecule has 0 unspecified atom stereocenters. The van der Waals surface area contributed by atoms with Crippen LogP contribution >= 0.6 is 0 Å². The molecule has 0 aliphatic heterocycles. The molecule has 0 fully saturated rings. The van der Waals surface area contributed by atoms with Crippen LogP contribution < -0.4 is 16.2 Å². The summed E-state index contributed by atoms with van der Waals surface area (Å²) in [5.74, 6) is 0.210. The average Bonchev–Trinajstić information content (AvgIpc) is 2.69. The largest absolute Gasteiger partial charge is 0.444 e. The summed E-state index contributed by atoms with van der Waals surface area (Å²) in [7, 11) is 0. The van der Waals surface area contributed by atoms with Crippen molar-refractivity contribution >= 4 is 28.7 Å². The first-order valence-corrected chi connectivity index (χ1v) is 9.14. The van der Waals surface area contributed by atoms with Crippen molar-refractivity contribution in [3.63, 3.8) is 0 Å². The normalized spacial score (nSPS) is 11.0. The molecule has 0 saturated carbocycles. The van der Waals surface area contributed by atoms with E-state index in [4.69, 9.17) is 4.74 Å². The van der Waals surface area contributed by atoms with Crippen molar-refractivity contribution in [2.45, 2.75) is 32.9 Å². The number of rotatable bonds is 5. The van der Waals surface area contributed by atoms with Gasteiger partial charge in [-0.3, -0.25) is 15.6 Å². The van der Waals surface area contributed by atoms with Crippen molar-refractivity contribution < 1.29 is 14.3 Å². The van der Waals surface area contributed by atoms with Gasteiger partial charge in [-0.15, -0.1) is 0 Å². The lowest BCUT2D eigenvalue weighted by atomic mass is 10.1. The molecule has 0 radical (unpaired) electrons. The van der Waals surface area contributed by atoms with Gasteiger partial charge in [-0.25, -0.2) is 14.8 Å². The molecular formula is C21H23N5O3. The Hall–Kier alpha value is -3.68. The van der Waals surface area contributed by atoms with Crippen molar-refractivity contribution in [1.82, 2.24) is 20.7 Å². The van der Waals surface area contributed by atoms with Gasteiger partial charge in [0.05, 0.1) is 5.52 Å². The van der Waals surface area contributed by atoms with E-state index in [1.54, 1.807) is 45.0 Å². The van der Waals surface area contributed by atoms with Gasteiger partial charge in [-0.2, -0.15) is 0 Å². The van der Waals surface area contributed by atoms with Crippen molar-refractivity contribution in [2.75, 3.05) is 5.43 Å². The van der Waals surface area contributed by atoms with Crippen LogP contribution in [0.25, 0.3) is 10.9 Å². The van der Waals surface area contributed by atoms with Gasteiger partial charge in [0.15, 0.2) is 5.82 Å². The van der Waals surface area contributed by atoms with E-state index >= 15 is 0 Å². The lowest BCUT2D eigenvalue weighted by Gasteiger charge is -2.19. The molecule has 0 saturated heterocycles. The summed E-state index contributed by atoms with van der Waals surface area (Å²) in [5.41, 5.74) is 7.02. The maximum atomic E-state index is 12.4. The minimum absolute atomic E-state index is 0.306. The molecule has 3 N–H and O–H groups in total. The number of hydrazine groups is 1. The van der Waals surface area contributed by atoms with Gasteiger partial charge < -0.3 is 10.1 Å². The van der Waals surface area contributed by atoms with Crippen LogP contribution in [0.3, 0.4) is 0 Å². The Labute approximate surface area is 168 Å². The van der Waals surface area contributed by atoms with Crippen molar-refractivity contribution in [3.8, 4) is 0 Å².